The lowest BCUT2D eigenvalue weighted by molar-refractivity contribution is -0.122. The molecule has 0 bridgehead atoms. The number of carbonyl (C=O) groups is 1. The number of likely N-dealkylation sites (N-methyl/N-ethyl adjacent to an activating group) is 1. The van der Waals surface area contributed by atoms with E-state index in [4.69, 9.17) is 5.73 Å². The number of amides is 1. The molecule has 0 saturated carbocycles. The summed E-state index contributed by atoms with van der Waals surface area (Å²) in [7, 11) is 3.77. The van der Waals surface area contributed by atoms with Crippen molar-refractivity contribution in [2.45, 2.75) is 19.0 Å². The third-order valence-electron chi connectivity index (χ3n) is 2.74. The molecular formula is C13H22Cl2FN3O. The lowest BCUT2D eigenvalue weighted by Gasteiger charge is -2.25. The van der Waals surface area contributed by atoms with Crippen LogP contribution in [0.4, 0.5) is 4.39 Å². The largest absolute Gasteiger partial charge is 0.353 e. The molecule has 0 radical (unpaired) electrons. The van der Waals surface area contributed by atoms with E-state index in [1.165, 1.54) is 12.1 Å². The van der Waals surface area contributed by atoms with Gasteiger partial charge in [0, 0.05) is 6.54 Å². The molecule has 7 heteroatoms. The van der Waals surface area contributed by atoms with E-state index in [-0.39, 0.29) is 42.6 Å². The van der Waals surface area contributed by atoms with E-state index in [0.29, 0.717) is 6.54 Å². The number of hydrogen-bond acceptors (Lipinski definition) is 3. The van der Waals surface area contributed by atoms with Crippen LogP contribution < -0.4 is 11.1 Å². The number of carbonyl (C=O) groups excluding carboxylic acids is 1. The van der Waals surface area contributed by atoms with Crippen molar-refractivity contribution < 1.29 is 9.18 Å². The van der Waals surface area contributed by atoms with Gasteiger partial charge in [0.15, 0.2) is 0 Å². The van der Waals surface area contributed by atoms with Gasteiger partial charge in [-0.2, -0.15) is 0 Å². The van der Waals surface area contributed by atoms with Crippen LogP contribution in [0.2, 0.25) is 0 Å². The van der Waals surface area contributed by atoms with Crippen LogP contribution in [0.5, 0.6) is 0 Å². The van der Waals surface area contributed by atoms with Gasteiger partial charge in [-0.15, -0.1) is 24.8 Å². The van der Waals surface area contributed by atoms with Crippen molar-refractivity contribution >= 4 is 30.7 Å². The van der Waals surface area contributed by atoms with Crippen LogP contribution in [-0.2, 0) is 4.79 Å². The van der Waals surface area contributed by atoms with E-state index in [0.717, 1.165) is 5.56 Å². The molecule has 3 N–H and O–H groups in total. The van der Waals surface area contributed by atoms with Gasteiger partial charge in [-0.25, -0.2) is 4.39 Å². The van der Waals surface area contributed by atoms with E-state index in [2.05, 4.69) is 5.32 Å². The maximum Gasteiger partial charge on any atom is 0.236 e. The number of nitrogens with two attached hydrogens (primary N) is 1. The average Bonchev–Trinajstić information content (AvgIpc) is 2.28. The maximum atomic E-state index is 13.2. The van der Waals surface area contributed by atoms with Crippen molar-refractivity contribution in [2.24, 2.45) is 5.73 Å². The van der Waals surface area contributed by atoms with Crippen molar-refractivity contribution in [1.82, 2.24) is 10.2 Å². The summed E-state index contributed by atoms with van der Waals surface area (Å²) in [6.07, 6.45) is 0. The Balaban J connectivity index is 0. The number of nitrogens with zero attached hydrogens (tertiary/aromatic N) is 1. The maximum absolute atomic E-state index is 13.2. The molecule has 0 fully saturated rings. The molecule has 1 aromatic rings. The van der Waals surface area contributed by atoms with Crippen LogP contribution >= 0.6 is 24.8 Å². The summed E-state index contributed by atoms with van der Waals surface area (Å²) in [6, 6.07) is 5.75. The number of benzene rings is 1. The third-order valence-corrected chi connectivity index (χ3v) is 2.74. The highest BCUT2D eigenvalue weighted by atomic mass is 35.5. The third kappa shape index (κ3) is 6.52. The van der Waals surface area contributed by atoms with Gasteiger partial charge in [0.1, 0.15) is 5.82 Å². The molecule has 0 aliphatic rings. The van der Waals surface area contributed by atoms with E-state index < -0.39 is 6.04 Å². The Kier molecular flexibility index (Phi) is 10.6. The number of rotatable bonds is 5. The smallest absolute Gasteiger partial charge is 0.236 e. The highest BCUT2D eigenvalue weighted by molar-refractivity contribution is 5.85. The molecule has 4 nitrogen and oxygen atoms in total. The van der Waals surface area contributed by atoms with Gasteiger partial charge in [-0.05, 0) is 38.7 Å². The minimum atomic E-state index is -0.541. The highest BCUT2D eigenvalue weighted by Gasteiger charge is 2.16. The second-order valence-electron chi connectivity index (χ2n) is 4.57. The number of halogens is 3. The second-order valence-corrected chi connectivity index (χ2v) is 4.57. The fraction of sp³-hybridized carbons (Fsp3) is 0.462. The van der Waals surface area contributed by atoms with Crippen LogP contribution in [0.1, 0.15) is 18.5 Å². The minimum Gasteiger partial charge on any atom is -0.353 e. The first kappa shape index (κ1) is 21.4. The summed E-state index contributed by atoms with van der Waals surface area (Å²) in [5.41, 5.74) is 6.30. The van der Waals surface area contributed by atoms with Crippen LogP contribution in [0, 0.1) is 5.82 Å². The monoisotopic (exact) mass is 325 g/mol. The van der Waals surface area contributed by atoms with Crippen LogP contribution in [0.25, 0.3) is 0 Å². The van der Waals surface area contributed by atoms with E-state index in [9.17, 15) is 9.18 Å². The van der Waals surface area contributed by atoms with Gasteiger partial charge in [0.2, 0.25) is 5.91 Å². The first-order chi connectivity index (χ1) is 8.41. The molecule has 1 aromatic carbocycles. The Labute approximate surface area is 131 Å². The predicted molar refractivity (Wildman–Crippen MR) is 84.0 cm³/mol. The van der Waals surface area contributed by atoms with Crippen molar-refractivity contribution in [3.05, 3.63) is 35.6 Å². The van der Waals surface area contributed by atoms with E-state index in [1.54, 1.807) is 13.0 Å². The molecule has 1 amide bonds. The summed E-state index contributed by atoms with van der Waals surface area (Å²) < 4.78 is 13.2. The van der Waals surface area contributed by atoms with E-state index >= 15 is 0 Å². The molecule has 1 rings (SSSR count). The summed E-state index contributed by atoms with van der Waals surface area (Å²) in [6.45, 7) is 2.03. The quantitative estimate of drug-likeness (QED) is 0.866. The fourth-order valence-corrected chi connectivity index (χ4v) is 1.67. The zero-order chi connectivity index (χ0) is 13.7. The zero-order valence-corrected chi connectivity index (χ0v) is 13.4. The molecule has 0 saturated heterocycles. The van der Waals surface area contributed by atoms with Gasteiger partial charge in [0.25, 0.3) is 0 Å². The van der Waals surface area contributed by atoms with Gasteiger partial charge >= 0.3 is 0 Å². The Morgan fingerprint density at radius 1 is 1.40 bits per heavy atom. The lowest BCUT2D eigenvalue weighted by atomic mass is 10.1. The highest BCUT2D eigenvalue weighted by Crippen LogP contribution is 2.18. The topological polar surface area (TPSA) is 58.4 Å². The normalized spacial score (nSPS) is 12.9. The molecule has 0 spiro atoms. The SMILES string of the molecule is C[C@@H](N)C(=O)NCC(c1cccc(F)c1)N(C)C.Cl.Cl. The summed E-state index contributed by atoms with van der Waals surface area (Å²) in [5, 5.41) is 2.75. The van der Waals surface area contributed by atoms with Crippen LogP contribution in [0.15, 0.2) is 24.3 Å². The van der Waals surface area contributed by atoms with Gasteiger partial charge < -0.3 is 16.0 Å². The summed E-state index contributed by atoms with van der Waals surface area (Å²) >= 11 is 0. The number of hydrogen-bond donors (Lipinski definition) is 2. The predicted octanol–water partition coefficient (Wildman–Crippen LogP) is 1.74. The minimum absolute atomic E-state index is 0. The standard InChI is InChI=1S/C13H20FN3O.2ClH/c1-9(15)13(18)16-8-12(17(2)3)10-5-4-6-11(14)7-10;;/h4-7,9,12H,8,15H2,1-3H3,(H,16,18);2*1H/t9-,12?;;/m1../s1. The molecule has 0 heterocycles. The first-order valence-electron chi connectivity index (χ1n) is 5.87. The molecule has 0 aliphatic heterocycles. The molecule has 0 aromatic heterocycles. The van der Waals surface area contributed by atoms with E-state index in [1.807, 2.05) is 25.1 Å². The zero-order valence-electron chi connectivity index (χ0n) is 11.8. The molecule has 116 valence electrons. The molecule has 0 aliphatic carbocycles. The molecule has 20 heavy (non-hydrogen) atoms. The Hall–Kier alpha value is -0.880. The van der Waals surface area contributed by atoms with Gasteiger partial charge in [-0.1, -0.05) is 12.1 Å². The molecule has 2 atom stereocenters. The van der Waals surface area contributed by atoms with Crippen molar-refractivity contribution in [3.63, 3.8) is 0 Å². The van der Waals surface area contributed by atoms with Crippen LogP contribution in [-0.4, -0.2) is 37.5 Å². The first-order valence-corrected chi connectivity index (χ1v) is 5.87. The Morgan fingerprint density at radius 2 is 2.00 bits per heavy atom. The lowest BCUT2D eigenvalue weighted by Crippen LogP contribution is -2.42. The van der Waals surface area contributed by atoms with Crippen molar-refractivity contribution in [3.8, 4) is 0 Å². The van der Waals surface area contributed by atoms with Crippen molar-refractivity contribution in [1.29, 1.82) is 0 Å². The van der Waals surface area contributed by atoms with Crippen molar-refractivity contribution in [2.75, 3.05) is 20.6 Å². The molecule has 1 unspecified atom stereocenters. The van der Waals surface area contributed by atoms with Gasteiger partial charge in [0.05, 0.1) is 12.1 Å². The number of nitrogens with one attached hydrogen (secondary N) is 1. The fourth-order valence-electron chi connectivity index (χ4n) is 1.67. The molecular weight excluding hydrogens is 304 g/mol. The Morgan fingerprint density at radius 3 is 2.45 bits per heavy atom. The van der Waals surface area contributed by atoms with Crippen LogP contribution in [0.3, 0.4) is 0 Å². The summed E-state index contributed by atoms with van der Waals surface area (Å²) in [5.74, 6) is -0.490. The second kappa shape index (κ2) is 9.94. The van der Waals surface area contributed by atoms with Gasteiger partial charge in [-0.3, -0.25) is 4.79 Å². The average molecular weight is 326 g/mol. The summed E-state index contributed by atoms with van der Waals surface area (Å²) in [4.78, 5) is 13.4. The Bertz CT molecular complexity index is 416.